The van der Waals surface area contributed by atoms with Crippen LogP contribution in [0.15, 0.2) is 18.5 Å². The zero-order valence-corrected chi connectivity index (χ0v) is 11.5. The van der Waals surface area contributed by atoms with Crippen molar-refractivity contribution >= 4 is 11.5 Å². The second-order valence-electron chi connectivity index (χ2n) is 4.60. The standard InChI is InChI=1S/C13H23N5/c1-4-7-18(9-8-17(2)3)12-10-16-6-5-11(12)13(14)15/h5-6,10H,4,7-9H2,1-3H3,(H3,14,15). The number of pyridine rings is 1. The van der Waals surface area contributed by atoms with E-state index in [-0.39, 0.29) is 5.84 Å². The predicted molar refractivity (Wildman–Crippen MR) is 76.3 cm³/mol. The summed E-state index contributed by atoms with van der Waals surface area (Å²) < 4.78 is 0. The highest BCUT2D eigenvalue weighted by molar-refractivity contribution is 6.00. The third kappa shape index (κ3) is 4.00. The Morgan fingerprint density at radius 1 is 1.33 bits per heavy atom. The van der Waals surface area contributed by atoms with Gasteiger partial charge in [0.05, 0.1) is 11.9 Å². The van der Waals surface area contributed by atoms with Crippen LogP contribution >= 0.6 is 0 Å². The maximum absolute atomic E-state index is 7.63. The van der Waals surface area contributed by atoms with E-state index in [0.29, 0.717) is 0 Å². The molecule has 100 valence electrons. The van der Waals surface area contributed by atoms with Crippen LogP contribution in [0.3, 0.4) is 0 Å². The number of nitrogens with zero attached hydrogens (tertiary/aromatic N) is 3. The molecule has 0 aliphatic rings. The number of rotatable bonds is 7. The van der Waals surface area contributed by atoms with Gasteiger partial charge in [-0.25, -0.2) is 0 Å². The molecule has 0 aliphatic carbocycles. The van der Waals surface area contributed by atoms with Gasteiger partial charge in [-0.15, -0.1) is 0 Å². The van der Waals surface area contributed by atoms with Crippen molar-refractivity contribution in [1.82, 2.24) is 9.88 Å². The molecule has 0 atom stereocenters. The maximum atomic E-state index is 7.63. The molecule has 5 nitrogen and oxygen atoms in total. The third-order valence-corrected chi connectivity index (χ3v) is 2.74. The monoisotopic (exact) mass is 249 g/mol. The number of anilines is 1. The number of hydrogen-bond donors (Lipinski definition) is 2. The van der Waals surface area contributed by atoms with Crippen molar-refractivity contribution < 1.29 is 0 Å². The number of aromatic nitrogens is 1. The molecule has 1 aromatic rings. The number of nitrogens with one attached hydrogen (secondary N) is 1. The summed E-state index contributed by atoms with van der Waals surface area (Å²) in [4.78, 5) is 8.54. The van der Waals surface area contributed by atoms with Gasteiger partial charge in [-0.3, -0.25) is 10.4 Å². The highest BCUT2D eigenvalue weighted by Crippen LogP contribution is 2.18. The van der Waals surface area contributed by atoms with E-state index in [1.807, 2.05) is 0 Å². The summed E-state index contributed by atoms with van der Waals surface area (Å²) in [5.74, 6) is 0.0957. The minimum absolute atomic E-state index is 0.0957. The van der Waals surface area contributed by atoms with Gasteiger partial charge in [-0.2, -0.15) is 0 Å². The van der Waals surface area contributed by atoms with Crippen LogP contribution in [0.25, 0.3) is 0 Å². The van der Waals surface area contributed by atoms with Gasteiger partial charge >= 0.3 is 0 Å². The highest BCUT2D eigenvalue weighted by atomic mass is 15.2. The molecule has 0 aromatic carbocycles. The Hall–Kier alpha value is -1.62. The normalized spacial score (nSPS) is 10.7. The van der Waals surface area contributed by atoms with E-state index >= 15 is 0 Å². The molecule has 0 unspecified atom stereocenters. The molecule has 0 bridgehead atoms. The summed E-state index contributed by atoms with van der Waals surface area (Å²) in [5, 5.41) is 7.63. The molecule has 0 radical (unpaired) electrons. The molecule has 18 heavy (non-hydrogen) atoms. The van der Waals surface area contributed by atoms with Crippen LogP contribution in [-0.2, 0) is 0 Å². The molecule has 1 rings (SSSR count). The SMILES string of the molecule is CCCN(CCN(C)C)c1cnccc1C(=N)N. The van der Waals surface area contributed by atoms with Gasteiger partial charge < -0.3 is 15.5 Å². The summed E-state index contributed by atoms with van der Waals surface area (Å²) in [6.45, 7) is 4.96. The van der Waals surface area contributed by atoms with Crippen LogP contribution in [0.5, 0.6) is 0 Å². The maximum Gasteiger partial charge on any atom is 0.125 e. The first-order chi connectivity index (χ1) is 8.56. The quantitative estimate of drug-likeness (QED) is 0.562. The lowest BCUT2D eigenvalue weighted by Gasteiger charge is -2.27. The predicted octanol–water partition coefficient (Wildman–Crippen LogP) is 1.14. The summed E-state index contributed by atoms with van der Waals surface area (Å²) in [6, 6.07) is 1.80. The summed E-state index contributed by atoms with van der Waals surface area (Å²) >= 11 is 0. The first-order valence-electron chi connectivity index (χ1n) is 6.24. The smallest absolute Gasteiger partial charge is 0.125 e. The van der Waals surface area contributed by atoms with E-state index in [2.05, 4.69) is 35.8 Å². The molecule has 5 heteroatoms. The third-order valence-electron chi connectivity index (χ3n) is 2.74. The number of nitrogens with two attached hydrogens (primary N) is 1. The van der Waals surface area contributed by atoms with Crippen molar-refractivity contribution in [2.75, 3.05) is 38.6 Å². The molecule has 0 saturated heterocycles. The molecule has 1 heterocycles. The fraction of sp³-hybridized carbons (Fsp3) is 0.538. The molecule has 0 saturated carbocycles. The van der Waals surface area contributed by atoms with Gasteiger partial charge in [0.25, 0.3) is 0 Å². The van der Waals surface area contributed by atoms with Gasteiger partial charge in [0.2, 0.25) is 0 Å². The number of nitrogen functional groups attached to an aromatic ring is 1. The fourth-order valence-corrected chi connectivity index (χ4v) is 1.81. The van der Waals surface area contributed by atoms with Gasteiger partial charge in [0.15, 0.2) is 0 Å². The molecule has 1 aromatic heterocycles. The number of likely N-dealkylation sites (N-methyl/N-ethyl adjacent to an activating group) is 1. The van der Waals surface area contributed by atoms with Crippen LogP contribution in [0, 0.1) is 5.41 Å². The molecule has 0 spiro atoms. The summed E-state index contributed by atoms with van der Waals surface area (Å²) in [5.41, 5.74) is 7.34. The zero-order valence-electron chi connectivity index (χ0n) is 11.5. The van der Waals surface area contributed by atoms with Crippen LogP contribution in [-0.4, -0.2) is 49.4 Å². The van der Waals surface area contributed by atoms with Gasteiger partial charge in [-0.1, -0.05) is 6.92 Å². The minimum atomic E-state index is 0.0957. The lowest BCUT2D eigenvalue weighted by atomic mass is 10.2. The lowest BCUT2D eigenvalue weighted by Crippen LogP contribution is -2.34. The summed E-state index contributed by atoms with van der Waals surface area (Å²) in [6.07, 6.45) is 4.53. The Kier molecular flexibility index (Phi) is 5.58. The number of amidine groups is 1. The zero-order chi connectivity index (χ0) is 13.5. The largest absolute Gasteiger partial charge is 0.384 e. The van der Waals surface area contributed by atoms with Crippen molar-refractivity contribution in [3.05, 3.63) is 24.0 Å². The molecule has 0 amide bonds. The van der Waals surface area contributed by atoms with Crippen LogP contribution in [0.2, 0.25) is 0 Å². The second kappa shape index (κ2) is 6.96. The van der Waals surface area contributed by atoms with Crippen molar-refractivity contribution in [3.8, 4) is 0 Å². The van der Waals surface area contributed by atoms with Gasteiger partial charge in [-0.05, 0) is 26.6 Å². The first kappa shape index (κ1) is 14.4. The van der Waals surface area contributed by atoms with Crippen molar-refractivity contribution in [2.24, 2.45) is 5.73 Å². The fourth-order valence-electron chi connectivity index (χ4n) is 1.81. The molecular formula is C13H23N5. The van der Waals surface area contributed by atoms with Gasteiger partial charge in [0.1, 0.15) is 5.84 Å². The van der Waals surface area contributed by atoms with E-state index in [1.54, 1.807) is 18.5 Å². The Labute approximate surface area is 109 Å². The molecule has 0 aliphatic heterocycles. The average molecular weight is 249 g/mol. The van der Waals surface area contributed by atoms with Crippen LogP contribution in [0.1, 0.15) is 18.9 Å². The van der Waals surface area contributed by atoms with E-state index < -0.39 is 0 Å². The van der Waals surface area contributed by atoms with Crippen LogP contribution in [0.4, 0.5) is 5.69 Å². The Bertz CT molecular complexity index is 389. The Balaban J connectivity index is 2.93. The van der Waals surface area contributed by atoms with Gasteiger partial charge in [0, 0.05) is 31.4 Å². The Morgan fingerprint density at radius 2 is 2.06 bits per heavy atom. The molecule has 0 fully saturated rings. The highest BCUT2D eigenvalue weighted by Gasteiger charge is 2.12. The first-order valence-corrected chi connectivity index (χ1v) is 6.24. The minimum Gasteiger partial charge on any atom is -0.384 e. The average Bonchev–Trinajstić information content (AvgIpc) is 2.34. The number of hydrogen-bond acceptors (Lipinski definition) is 4. The van der Waals surface area contributed by atoms with Crippen molar-refractivity contribution in [2.45, 2.75) is 13.3 Å². The molecule has 3 N–H and O–H groups in total. The van der Waals surface area contributed by atoms with E-state index in [0.717, 1.165) is 37.3 Å². The van der Waals surface area contributed by atoms with E-state index in [4.69, 9.17) is 11.1 Å². The Morgan fingerprint density at radius 3 is 2.61 bits per heavy atom. The van der Waals surface area contributed by atoms with E-state index in [9.17, 15) is 0 Å². The molecular weight excluding hydrogens is 226 g/mol. The van der Waals surface area contributed by atoms with Crippen LogP contribution < -0.4 is 10.6 Å². The lowest BCUT2D eigenvalue weighted by molar-refractivity contribution is 0.413. The van der Waals surface area contributed by atoms with E-state index in [1.165, 1.54) is 0 Å². The summed E-state index contributed by atoms with van der Waals surface area (Å²) in [7, 11) is 4.11. The second-order valence-corrected chi connectivity index (χ2v) is 4.60. The van der Waals surface area contributed by atoms with Crippen molar-refractivity contribution in [3.63, 3.8) is 0 Å². The van der Waals surface area contributed by atoms with Crippen molar-refractivity contribution in [1.29, 1.82) is 5.41 Å². The topological polar surface area (TPSA) is 69.2 Å².